The van der Waals surface area contributed by atoms with Crippen LogP contribution in [0.3, 0.4) is 0 Å². The number of H-pyrrole nitrogens is 1. The maximum Gasteiger partial charge on any atom is 0.434 e. The molecule has 0 aromatic carbocycles. The van der Waals surface area contributed by atoms with E-state index in [1.165, 1.54) is 10.6 Å². The summed E-state index contributed by atoms with van der Waals surface area (Å²) >= 11 is 0. The van der Waals surface area contributed by atoms with Gasteiger partial charge in [0.2, 0.25) is 5.95 Å². The number of rotatable bonds is 3. The van der Waals surface area contributed by atoms with Gasteiger partial charge in [-0.25, -0.2) is 19.9 Å². The van der Waals surface area contributed by atoms with E-state index in [-0.39, 0.29) is 12.0 Å². The van der Waals surface area contributed by atoms with Crippen LogP contribution in [0.4, 0.5) is 19.1 Å². The highest BCUT2D eigenvalue weighted by Crippen LogP contribution is 2.34. The lowest BCUT2D eigenvalue weighted by Gasteiger charge is -2.39. The second kappa shape index (κ2) is 7.33. The number of halogens is 3. The molecule has 0 amide bonds. The maximum absolute atomic E-state index is 13.1. The summed E-state index contributed by atoms with van der Waals surface area (Å²) in [6.45, 7) is 2.93. The van der Waals surface area contributed by atoms with Crippen LogP contribution in [0, 0.1) is 0 Å². The Morgan fingerprint density at radius 2 is 2.00 bits per heavy atom. The zero-order valence-corrected chi connectivity index (χ0v) is 16.6. The second-order valence-corrected chi connectivity index (χ2v) is 7.60. The van der Waals surface area contributed by atoms with E-state index in [2.05, 4.69) is 42.0 Å². The Balaban J connectivity index is 1.51. The average Bonchev–Trinajstić information content (AvgIpc) is 3.43. The zero-order chi connectivity index (χ0) is 21.6. The fraction of sp³-hybridized carbons (Fsp3) is 0.350. The molecule has 5 heterocycles. The van der Waals surface area contributed by atoms with E-state index in [4.69, 9.17) is 0 Å². The first-order valence-corrected chi connectivity index (χ1v) is 9.91. The molecule has 4 aromatic rings. The van der Waals surface area contributed by atoms with Crippen molar-refractivity contribution in [2.24, 2.45) is 0 Å². The van der Waals surface area contributed by atoms with Crippen molar-refractivity contribution in [3.05, 3.63) is 54.5 Å². The van der Waals surface area contributed by atoms with Gasteiger partial charge in [-0.2, -0.15) is 18.3 Å². The fourth-order valence-electron chi connectivity index (χ4n) is 4.19. The van der Waals surface area contributed by atoms with Crippen LogP contribution >= 0.6 is 0 Å². The summed E-state index contributed by atoms with van der Waals surface area (Å²) in [6.07, 6.45) is 6.39. The van der Waals surface area contributed by atoms with Gasteiger partial charge in [0, 0.05) is 37.1 Å². The van der Waals surface area contributed by atoms with Crippen LogP contribution in [0.2, 0.25) is 0 Å². The van der Waals surface area contributed by atoms with Crippen LogP contribution < -0.4 is 4.90 Å². The summed E-state index contributed by atoms with van der Waals surface area (Å²) in [6, 6.07) is 1.81. The van der Waals surface area contributed by atoms with Crippen LogP contribution in [0.5, 0.6) is 0 Å². The molecule has 2 atom stereocenters. The molecule has 4 aromatic heterocycles. The Morgan fingerprint density at radius 3 is 2.77 bits per heavy atom. The Kier molecular flexibility index (Phi) is 4.60. The molecule has 0 aliphatic carbocycles. The summed E-state index contributed by atoms with van der Waals surface area (Å²) in [5, 5.41) is 6.93. The van der Waals surface area contributed by atoms with Crippen molar-refractivity contribution in [2.75, 3.05) is 11.4 Å². The van der Waals surface area contributed by atoms with Gasteiger partial charge in [0.05, 0.1) is 30.0 Å². The van der Waals surface area contributed by atoms with Gasteiger partial charge in [0.1, 0.15) is 0 Å². The summed E-state index contributed by atoms with van der Waals surface area (Å²) in [7, 11) is 0. The third-order valence-electron chi connectivity index (χ3n) is 5.78. The molecule has 160 valence electrons. The van der Waals surface area contributed by atoms with Crippen molar-refractivity contribution in [1.82, 2.24) is 34.5 Å². The van der Waals surface area contributed by atoms with E-state index in [0.29, 0.717) is 23.0 Å². The number of alkyl halides is 3. The lowest BCUT2D eigenvalue weighted by Crippen LogP contribution is -2.43. The molecular formula is C20H19F3N8. The van der Waals surface area contributed by atoms with Crippen LogP contribution in [0.15, 0.2) is 43.2 Å². The Hall–Kier alpha value is -3.50. The first-order chi connectivity index (χ1) is 14.9. The minimum Gasteiger partial charge on any atom is -0.337 e. The minimum absolute atomic E-state index is 0.143. The molecule has 2 unspecified atom stereocenters. The maximum atomic E-state index is 13.1. The first kappa shape index (κ1) is 19.5. The molecule has 5 rings (SSSR count). The van der Waals surface area contributed by atoms with Crippen molar-refractivity contribution in [2.45, 2.75) is 37.9 Å². The Labute approximate surface area is 175 Å². The quantitative estimate of drug-likeness (QED) is 0.535. The molecule has 11 heteroatoms. The van der Waals surface area contributed by atoms with E-state index < -0.39 is 11.9 Å². The number of hydrogen-bond donors (Lipinski definition) is 1. The van der Waals surface area contributed by atoms with Gasteiger partial charge in [0.25, 0.3) is 0 Å². The van der Waals surface area contributed by atoms with Gasteiger partial charge in [-0.15, -0.1) is 0 Å². The van der Waals surface area contributed by atoms with E-state index in [0.717, 1.165) is 37.3 Å². The monoisotopic (exact) mass is 428 g/mol. The van der Waals surface area contributed by atoms with E-state index in [1.807, 2.05) is 12.4 Å². The van der Waals surface area contributed by atoms with Gasteiger partial charge in [-0.3, -0.25) is 9.50 Å². The highest BCUT2D eigenvalue weighted by molar-refractivity contribution is 5.61. The molecule has 31 heavy (non-hydrogen) atoms. The van der Waals surface area contributed by atoms with E-state index >= 15 is 0 Å². The van der Waals surface area contributed by atoms with E-state index in [9.17, 15) is 13.2 Å². The van der Waals surface area contributed by atoms with Gasteiger partial charge >= 0.3 is 6.18 Å². The number of imidazole rings is 1. The van der Waals surface area contributed by atoms with Crippen molar-refractivity contribution in [3.63, 3.8) is 0 Å². The van der Waals surface area contributed by atoms with Gasteiger partial charge in [-0.05, 0) is 31.4 Å². The molecule has 1 N–H and O–H groups in total. The largest absolute Gasteiger partial charge is 0.434 e. The topological polar surface area (TPSA) is 87.9 Å². The lowest BCUT2D eigenvalue weighted by atomic mass is 9.86. The third kappa shape index (κ3) is 3.49. The number of aromatic nitrogens is 7. The van der Waals surface area contributed by atoms with Crippen LogP contribution in [0.25, 0.3) is 17.0 Å². The second-order valence-electron chi connectivity index (χ2n) is 7.60. The van der Waals surface area contributed by atoms with Crippen molar-refractivity contribution in [1.29, 1.82) is 0 Å². The minimum atomic E-state index is -4.54. The SMILES string of the molecule is CC1C(c2cn[nH]c2)CCCN1c1nccc(-c2cnc3cnc(C(F)(F)F)cn23)n1. The molecule has 0 saturated carbocycles. The highest BCUT2D eigenvalue weighted by atomic mass is 19.4. The number of hydrogen-bond acceptors (Lipinski definition) is 6. The highest BCUT2D eigenvalue weighted by Gasteiger charge is 2.34. The Morgan fingerprint density at radius 1 is 1.13 bits per heavy atom. The van der Waals surface area contributed by atoms with Gasteiger partial charge < -0.3 is 4.90 Å². The first-order valence-electron chi connectivity index (χ1n) is 9.91. The van der Waals surface area contributed by atoms with Crippen molar-refractivity contribution < 1.29 is 13.2 Å². The molecular weight excluding hydrogens is 409 g/mol. The molecule has 0 radical (unpaired) electrons. The predicted molar refractivity (Wildman–Crippen MR) is 106 cm³/mol. The van der Waals surface area contributed by atoms with Crippen molar-refractivity contribution in [3.8, 4) is 11.4 Å². The summed E-state index contributed by atoms with van der Waals surface area (Å²) in [5.74, 6) is 0.828. The van der Waals surface area contributed by atoms with Crippen LogP contribution in [-0.4, -0.2) is 47.1 Å². The number of piperidine rings is 1. The molecule has 1 aliphatic rings. The number of anilines is 1. The fourth-order valence-corrected chi connectivity index (χ4v) is 4.19. The average molecular weight is 428 g/mol. The molecule has 0 bridgehead atoms. The molecule has 1 aliphatic heterocycles. The van der Waals surface area contributed by atoms with Crippen LogP contribution in [0.1, 0.15) is 36.9 Å². The zero-order valence-electron chi connectivity index (χ0n) is 16.6. The van der Waals surface area contributed by atoms with Gasteiger partial charge in [0.15, 0.2) is 11.3 Å². The number of nitrogens with one attached hydrogen (secondary N) is 1. The molecule has 1 saturated heterocycles. The smallest absolute Gasteiger partial charge is 0.337 e. The summed E-state index contributed by atoms with van der Waals surface area (Å²) in [5.41, 5.74) is 1.41. The summed E-state index contributed by atoms with van der Waals surface area (Å²) < 4.78 is 40.7. The third-order valence-corrected chi connectivity index (χ3v) is 5.78. The number of fused-ring (bicyclic) bond motifs is 1. The standard InChI is InChI=1S/C20H19F3N8/c1-12-14(13-7-27-28-8-13)3-2-6-30(12)19-24-5-4-15(29-19)16-9-26-18-10-25-17(11-31(16)18)20(21,22)23/h4-5,7-12,14H,2-3,6H2,1H3,(H,27,28). The Bertz CT molecular complexity index is 1200. The number of aromatic amines is 1. The molecule has 8 nitrogen and oxygen atoms in total. The van der Waals surface area contributed by atoms with E-state index in [1.54, 1.807) is 12.3 Å². The van der Waals surface area contributed by atoms with Crippen molar-refractivity contribution >= 4 is 11.6 Å². The lowest BCUT2D eigenvalue weighted by molar-refractivity contribution is -0.141. The van der Waals surface area contributed by atoms with Crippen LogP contribution in [-0.2, 0) is 6.18 Å². The van der Waals surface area contributed by atoms with Gasteiger partial charge in [-0.1, -0.05) is 0 Å². The molecule has 1 fully saturated rings. The predicted octanol–water partition coefficient (Wildman–Crippen LogP) is 3.70. The summed E-state index contributed by atoms with van der Waals surface area (Å²) in [4.78, 5) is 18.9. The number of nitrogens with zero attached hydrogens (tertiary/aromatic N) is 7. The molecule has 0 spiro atoms. The normalized spacial score (nSPS) is 19.8.